The molecule has 0 saturated carbocycles. The number of H-pyrrole nitrogens is 1. The fourth-order valence-electron chi connectivity index (χ4n) is 2.05. The van der Waals surface area contributed by atoms with Crippen LogP contribution < -0.4 is 4.74 Å². The van der Waals surface area contributed by atoms with Crippen molar-refractivity contribution in [1.82, 2.24) is 15.0 Å². The summed E-state index contributed by atoms with van der Waals surface area (Å²) in [7, 11) is 1.66. The summed E-state index contributed by atoms with van der Waals surface area (Å²) < 4.78 is 5.21. The third-order valence-electron chi connectivity index (χ3n) is 3.10. The third kappa shape index (κ3) is 2.17. The van der Waals surface area contributed by atoms with E-state index in [-0.39, 0.29) is 0 Å². The van der Waals surface area contributed by atoms with Crippen molar-refractivity contribution in [1.29, 1.82) is 0 Å². The molecule has 0 bridgehead atoms. The number of ether oxygens (including phenoxy) is 1. The summed E-state index contributed by atoms with van der Waals surface area (Å²) in [5.74, 6) is 1.61. The molecule has 0 radical (unpaired) electrons. The third-order valence-corrected chi connectivity index (χ3v) is 3.10. The Balaban J connectivity index is 2.09. The maximum Gasteiger partial charge on any atom is 0.157 e. The Morgan fingerprint density at radius 2 is 2.05 bits per heavy atom. The molecule has 4 heteroatoms. The van der Waals surface area contributed by atoms with E-state index in [1.54, 1.807) is 7.11 Å². The smallest absolute Gasteiger partial charge is 0.157 e. The highest BCUT2D eigenvalue weighted by Gasteiger charge is 2.07. The second-order valence-electron chi connectivity index (χ2n) is 4.34. The van der Waals surface area contributed by atoms with Crippen molar-refractivity contribution in [2.45, 2.75) is 13.3 Å². The van der Waals surface area contributed by atoms with Gasteiger partial charge in [-0.3, -0.25) is 0 Å². The number of rotatable bonds is 3. The lowest BCUT2D eigenvalue weighted by molar-refractivity contribution is 0.415. The second-order valence-corrected chi connectivity index (χ2v) is 4.34. The number of aromatic nitrogens is 3. The van der Waals surface area contributed by atoms with E-state index in [2.05, 4.69) is 21.9 Å². The Labute approximate surface area is 111 Å². The number of aromatic amines is 1. The SMILES string of the molecule is CCc1cccc(-c2nc3ccc(OC)cc3[nH]2)n1. The molecule has 2 aromatic heterocycles. The first-order chi connectivity index (χ1) is 9.30. The Hall–Kier alpha value is -2.36. The van der Waals surface area contributed by atoms with Gasteiger partial charge in [-0.1, -0.05) is 13.0 Å². The summed E-state index contributed by atoms with van der Waals surface area (Å²) in [4.78, 5) is 12.4. The predicted octanol–water partition coefficient (Wildman–Crippen LogP) is 3.20. The zero-order valence-corrected chi connectivity index (χ0v) is 11.0. The minimum absolute atomic E-state index is 0.790. The van der Waals surface area contributed by atoms with Crippen LogP contribution in [0.3, 0.4) is 0 Å². The van der Waals surface area contributed by atoms with Gasteiger partial charge in [-0.25, -0.2) is 9.97 Å². The van der Waals surface area contributed by atoms with Gasteiger partial charge < -0.3 is 9.72 Å². The largest absolute Gasteiger partial charge is 0.497 e. The van der Waals surface area contributed by atoms with Gasteiger partial charge >= 0.3 is 0 Å². The Morgan fingerprint density at radius 1 is 1.16 bits per heavy atom. The average molecular weight is 253 g/mol. The van der Waals surface area contributed by atoms with E-state index in [9.17, 15) is 0 Å². The van der Waals surface area contributed by atoms with Crippen molar-refractivity contribution in [3.05, 3.63) is 42.1 Å². The molecule has 19 heavy (non-hydrogen) atoms. The van der Waals surface area contributed by atoms with Crippen LogP contribution in [-0.2, 0) is 6.42 Å². The van der Waals surface area contributed by atoms with E-state index in [4.69, 9.17) is 4.74 Å². The van der Waals surface area contributed by atoms with Crippen LogP contribution in [0.15, 0.2) is 36.4 Å². The van der Waals surface area contributed by atoms with Gasteiger partial charge in [0.25, 0.3) is 0 Å². The van der Waals surface area contributed by atoms with Crippen LogP contribution in [0.25, 0.3) is 22.6 Å². The van der Waals surface area contributed by atoms with Crippen molar-refractivity contribution in [2.75, 3.05) is 7.11 Å². The number of imidazole rings is 1. The lowest BCUT2D eigenvalue weighted by atomic mass is 10.2. The van der Waals surface area contributed by atoms with Crippen LogP contribution in [0.2, 0.25) is 0 Å². The van der Waals surface area contributed by atoms with Gasteiger partial charge in [-0.05, 0) is 30.7 Å². The molecule has 0 aliphatic rings. The van der Waals surface area contributed by atoms with Crippen LogP contribution in [0.5, 0.6) is 5.75 Å². The molecule has 0 aliphatic carbocycles. The fourth-order valence-corrected chi connectivity index (χ4v) is 2.05. The van der Waals surface area contributed by atoms with Crippen molar-refractivity contribution in [3.63, 3.8) is 0 Å². The summed E-state index contributed by atoms with van der Waals surface area (Å²) >= 11 is 0. The van der Waals surface area contributed by atoms with E-state index in [0.717, 1.165) is 40.4 Å². The van der Waals surface area contributed by atoms with Gasteiger partial charge in [0.1, 0.15) is 11.4 Å². The van der Waals surface area contributed by atoms with Crippen molar-refractivity contribution < 1.29 is 4.74 Å². The summed E-state index contributed by atoms with van der Waals surface area (Å²) in [6.45, 7) is 2.09. The van der Waals surface area contributed by atoms with Gasteiger partial charge in [0.2, 0.25) is 0 Å². The quantitative estimate of drug-likeness (QED) is 0.779. The van der Waals surface area contributed by atoms with E-state index >= 15 is 0 Å². The number of fused-ring (bicyclic) bond motifs is 1. The van der Waals surface area contributed by atoms with Gasteiger partial charge in [-0.15, -0.1) is 0 Å². The maximum atomic E-state index is 5.21. The normalized spacial score (nSPS) is 10.8. The molecule has 0 unspecified atom stereocenters. The molecular formula is C15H15N3O. The molecule has 0 amide bonds. The molecule has 1 aromatic carbocycles. The standard InChI is InChI=1S/C15H15N3O/c1-3-10-5-4-6-13(16-10)15-17-12-8-7-11(19-2)9-14(12)18-15/h4-9H,3H2,1-2H3,(H,17,18). The molecule has 0 atom stereocenters. The first-order valence-corrected chi connectivity index (χ1v) is 6.30. The Kier molecular flexibility index (Phi) is 2.91. The molecule has 0 saturated heterocycles. The van der Waals surface area contributed by atoms with Gasteiger partial charge in [0.15, 0.2) is 5.82 Å². The van der Waals surface area contributed by atoms with Crippen LogP contribution in [0, 0.1) is 0 Å². The lowest BCUT2D eigenvalue weighted by Crippen LogP contribution is -1.90. The highest BCUT2D eigenvalue weighted by molar-refractivity contribution is 5.80. The van der Waals surface area contributed by atoms with Gasteiger partial charge in [0.05, 0.1) is 18.1 Å². The highest BCUT2D eigenvalue weighted by Crippen LogP contribution is 2.22. The number of hydrogen-bond acceptors (Lipinski definition) is 3. The number of nitrogens with one attached hydrogen (secondary N) is 1. The van der Waals surface area contributed by atoms with Crippen LogP contribution in [0.1, 0.15) is 12.6 Å². The van der Waals surface area contributed by atoms with Crippen molar-refractivity contribution in [2.24, 2.45) is 0 Å². The van der Waals surface area contributed by atoms with E-state index < -0.39 is 0 Å². The zero-order valence-electron chi connectivity index (χ0n) is 11.0. The monoisotopic (exact) mass is 253 g/mol. The second kappa shape index (κ2) is 4.72. The number of nitrogens with zero attached hydrogens (tertiary/aromatic N) is 2. The summed E-state index contributed by atoms with van der Waals surface area (Å²) in [5.41, 5.74) is 3.81. The maximum absolute atomic E-state index is 5.21. The summed E-state index contributed by atoms with van der Waals surface area (Å²) in [6.07, 6.45) is 0.919. The number of methoxy groups -OCH3 is 1. The summed E-state index contributed by atoms with van der Waals surface area (Å²) in [5, 5.41) is 0. The molecule has 96 valence electrons. The topological polar surface area (TPSA) is 50.8 Å². The average Bonchev–Trinajstić information content (AvgIpc) is 2.90. The van der Waals surface area contributed by atoms with Gasteiger partial charge in [-0.2, -0.15) is 0 Å². The molecule has 0 fully saturated rings. The van der Waals surface area contributed by atoms with E-state index in [1.807, 2.05) is 36.4 Å². The van der Waals surface area contributed by atoms with Crippen molar-refractivity contribution in [3.8, 4) is 17.3 Å². The molecule has 1 N–H and O–H groups in total. The summed E-state index contributed by atoms with van der Waals surface area (Å²) in [6, 6.07) is 11.8. The van der Waals surface area contributed by atoms with Crippen LogP contribution in [-0.4, -0.2) is 22.1 Å². The Bertz CT molecular complexity index is 718. The number of benzene rings is 1. The molecule has 0 spiro atoms. The van der Waals surface area contributed by atoms with Crippen molar-refractivity contribution >= 4 is 11.0 Å². The van der Waals surface area contributed by atoms with Crippen LogP contribution >= 0.6 is 0 Å². The first-order valence-electron chi connectivity index (χ1n) is 6.30. The number of pyridine rings is 1. The van der Waals surface area contributed by atoms with E-state index in [1.165, 1.54) is 0 Å². The number of hydrogen-bond donors (Lipinski definition) is 1. The lowest BCUT2D eigenvalue weighted by Gasteiger charge is -1.99. The molecule has 4 nitrogen and oxygen atoms in total. The van der Waals surface area contributed by atoms with Gasteiger partial charge in [0, 0.05) is 11.8 Å². The minimum atomic E-state index is 0.790. The fraction of sp³-hybridized carbons (Fsp3) is 0.200. The molecular weight excluding hydrogens is 238 g/mol. The number of aryl methyl sites for hydroxylation is 1. The van der Waals surface area contributed by atoms with E-state index in [0.29, 0.717) is 0 Å². The Morgan fingerprint density at radius 3 is 2.84 bits per heavy atom. The van der Waals surface area contributed by atoms with Crippen LogP contribution in [0.4, 0.5) is 0 Å². The first kappa shape index (κ1) is 11.7. The molecule has 2 heterocycles. The molecule has 3 rings (SSSR count). The zero-order chi connectivity index (χ0) is 13.2. The predicted molar refractivity (Wildman–Crippen MR) is 75.3 cm³/mol. The highest BCUT2D eigenvalue weighted by atomic mass is 16.5. The minimum Gasteiger partial charge on any atom is -0.497 e. The molecule has 0 aliphatic heterocycles. The molecule has 3 aromatic rings.